The highest BCUT2D eigenvalue weighted by atomic mass is 35.5. The summed E-state index contributed by atoms with van der Waals surface area (Å²) in [6.45, 7) is 4.10. The maximum Gasteiger partial charge on any atom is 0.0752 e. The summed E-state index contributed by atoms with van der Waals surface area (Å²) in [6, 6.07) is 10.4. The van der Waals surface area contributed by atoms with Gasteiger partial charge in [-0.15, -0.1) is 23.4 Å². The summed E-state index contributed by atoms with van der Waals surface area (Å²) in [7, 11) is 0. The molecule has 0 aliphatic heterocycles. The fourth-order valence-corrected chi connectivity index (χ4v) is 4.30. The molecular weight excluding hydrogens is 264 g/mol. The summed E-state index contributed by atoms with van der Waals surface area (Å²) in [6.07, 6.45) is 3.00. The molecule has 1 aromatic carbocycles. The Kier molecular flexibility index (Phi) is 4.30. The third-order valence-electron chi connectivity index (χ3n) is 3.85. The van der Waals surface area contributed by atoms with Crippen LogP contribution >= 0.6 is 23.4 Å². The van der Waals surface area contributed by atoms with Crippen LogP contribution in [-0.2, 0) is 0 Å². The Hall–Kier alpha value is -0.180. The van der Waals surface area contributed by atoms with E-state index in [9.17, 15) is 5.11 Å². The fraction of sp³-hybridized carbons (Fsp3) is 0.600. The van der Waals surface area contributed by atoms with Crippen LogP contribution in [0.5, 0.6) is 0 Å². The lowest BCUT2D eigenvalue weighted by Gasteiger charge is -2.50. The topological polar surface area (TPSA) is 20.2 Å². The predicted molar refractivity (Wildman–Crippen MR) is 79.4 cm³/mol. The number of alkyl halides is 1. The molecule has 3 heteroatoms. The molecule has 0 saturated heterocycles. The normalized spacial score (nSPS) is 20.2. The molecule has 1 aliphatic carbocycles. The highest BCUT2D eigenvalue weighted by Gasteiger charge is 2.50. The van der Waals surface area contributed by atoms with Crippen molar-refractivity contribution < 1.29 is 5.11 Å². The molecule has 0 spiro atoms. The van der Waals surface area contributed by atoms with E-state index in [1.807, 2.05) is 30.0 Å². The molecule has 1 N–H and O–H groups in total. The molecule has 1 atom stereocenters. The van der Waals surface area contributed by atoms with E-state index in [4.69, 9.17) is 11.6 Å². The quantitative estimate of drug-likeness (QED) is 0.812. The molecule has 18 heavy (non-hydrogen) atoms. The van der Waals surface area contributed by atoms with Crippen molar-refractivity contribution in [1.82, 2.24) is 0 Å². The van der Waals surface area contributed by atoms with Gasteiger partial charge in [0, 0.05) is 20.9 Å². The van der Waals surface area contributed by atoms with Crippen molar-refractivity contribution in [3.8, 4) is 0 Å². The van der Waals surface area contributed by atoms with Crippen LogP contribution < -0.4 is 0 Å². The van der Waals surface area contributed by atoms with E-state index < -0.39 is 0 Å². The Bertz CT molecular complexity index is 387. The molecule has 0 aromatic heterocycles. The zero-order valence-electron chi connectivity index (χ0n) is 11.0. The first-order valence-electron chi connectivity index (χ1n) is 6.48. The van der Waals surface area contributed by atoms with Crippen molar-refractivity contribution in [3.63, 3.8) is 0 Å². The molecule has 0 heterocycles. The van der Waals surface area contributed by atoms with Crippen molar-refractivity contribution in [2.75, 3.05) is 5.88 Å². The number of aliphatic hydroxyl groups is 1. The molecule has 2 rings (SSSR count). The smallest absolute Gasteiger partial charge is 0.0752 e. The third-order valence-corrected chi connectivity index (χ3v) is 6.08. The second kappa shape index (κ2) is 5.44. The molecule has 1 aromatic rings. The Morgan fingerprint density at radius 1 is 1.33 bits per heavy atom. The number of hydrogen-bond acceptors (Lipinski definition) is 2. The number of hydrogen-bond donors (Lipinski definition) is 1. The van der Waals surface area contributed by atoms with E-state index in [2.05, 4.69) is 26.0 Å². The van der Waals surface area contributed by atoms with Gasteiger partial charge in [0.15, 0.2) is 0 Å². The summed E-state index contributed by atoms with van der Waals surface area (Å²) in [5.74, 6) is 0.491. The van der Waals surface area contributed by atoms with Crippen molar-refractivity contribution in [2.45, 2.75) is 48.9 Å². The van der Waals surface area contributed by atoms with E-state index in [1.165, 1.54) is 11.3 Å². The van der Waals surface area contributed by atoms with Crippen LogP contribution in [-0.4, -0.2) is 21.8 Å². The third kappa shape index (κ3) is 2.71. The SMILES string of the molecule is CC(C)(CCl)C(O)C1(Sc2ccccc2)CCC1. The van der Waals surface area contributed by atoms with Crippen molar-refractivity contribution >= 4 is 23.4 Å². The molecule has 0 bridgehead atoms. The zero-order chi connectivity index (χ0) is 13.2. The van der Waals surface area contributed by atoms with Crippen LogP contribution in [0.2, 0.25) is 0 Å². The molecule has 1 aliphatic rings. The lowest BCUT2D eigenvalue weighted by molar-refractivity contribution is 0.00318. The average Bonchev–Trinajstić information content (AvgIpc) is 2.34. The average molecular weight is 285 g/mol. The molecule has 0 radical (unpaired) electrons. The molecule has 1 nitrogen and oxygen atoms in total. The van der Waals surface area contributed by atoms with Crippen LogP contribution in [0.4, 0.5) is 0 Å². The molecular formula is C15H21ClOS. The number of halogens is 1. The summed E-state index contributed by atoms with van der Waals surface area (Å²) in [5, 5.41) is 10.7. The number of benzene rings is 1. The first-order valence-corrected chi connectivity index (χ1v) is 7.83. The van der Waals surface area contributed by atoms with Crippen LogP contribution in [0.3, 0.4) is 0 Å². The summed E-state index contributed by atoms with van der Waals surface area (Å²) in [4.78, 5) is 1.24. The monoisotopic (exact) mass is 284 g/mol. The van der Waals surface area contributed by atoms with Crippen LogP contribution in [0.25, 0.3) is 0 Å². The van der Waals surface area contributed by atoms with Gasteiger partial charge in [-0.25, -0.2) is 0 Å². The van der Waals surface area contributed by atoms with Crippen molar-refractivity contribution in [3.05, 3.63) is 30.3 Å². The molecule has 1 saturated carbocycles. The Morgan fingerprint density at radius 3 is 2.39 bits per heavy atom. The maximum atomic E-state index is 10.7. The predicted octanol–water partition coefficient (Wildman–Crippen LogP) is 4.33. The zero-order valence-corrected chi connectivity index (χ0v) is 12.6. The lowest BCUT2D eigenvalue weighted by Crippen LogP contribution is -2.53. The largest absolute Gasteiger partial charge is 0.391 e. The van der Waals surface area contributed by atoms with Gasteiger partial charge in [0.1, 0.15) is 0 Å². The van der Waals surface area contributed by atoms with Gasteiger partial charge in [-0.05, 0) is 25.0 Å². The van der Waals surface area contributed by atoms with Crippen LogP contribution in [0.1, 0.15) is 33.1 Å². The minimum Gasteiger partial charge on any atom is -0.391 e. The van der Waals surface area contributed by atoms with E-state index in [1.54, 1.807) is 0 Å². The molecule has 0 amide bonds. The van der Waals surface area contributed by atoms with Gasteiger partial charge in [-0.3, -0.25) is 0 Å². The van der Waals surface area contributed by atoms with Crippen LogP contribution in [0, 0.1) is 5.41 Å². The van der Waals surface area contributed by atoms with E-state index >= 15 is 0 Å². The fourth-order valence-electron chi connectivity index (χ4n) is 2.46. The van der Waals surface area contributed by atoms with E-state index in [0.29, 0.717) is 5.88 Å². The summed E-state index contributed by atoms with van der Waals surface area (Å²) >= 11 is 7.83. The lowest BCUT2D eigenvalue weighted by atomic mass is 9.71. The van der Waals surface area contributed by atoms with Crippen molar-refractivity contribution in [1.29, 1.82) is 0 Å². The van der Waals surface area contributed by atoms with Crippen molar-refractivity contribution in [2.24, 2.45) is 5.41 Å². The minimum absolute atomic E-state index is 0.0419. The molecule has 100 valence electrons. The molecule has 1 fully saturated rings. The van der Waals surface area contributed by atoms with Gasteiger partial charge in [0.25, 0.3) is 0 Å². The van der Waals surface area contributed by atoms with Gasteiger partial charge in [0.2, 0.25) is 0 Å². The van der Waals surface area contributed by atoms with Gasteiger partial charge in [0.05, 0.1) is 6.10 Å². The van der Waals surface area contributed by atoms with E-state index in [0.717, 1.165) is 12.8 Å². The number of thioether (sulfide) groups is 1. The summed E-state index contributed by atoms with van der Waals surface area (Å²) in [5.41, 5.74) is -0.232. The maximum absolute atomic E-state index is 10.7. The van der Waals surface area contributed by atoms with Gasteiger partial charge in [-0.1, -0.05) is 38.5 Å². The summed E-state index contributed by atoms with van der Waals surface area (Å²) < 4.78 is -0.0419. The standard InChI is InChI=1S/C15H21ClOS/c1-14(2,11-16)13(17)15(9-6-10-15)18-12-7-4-3-5-8-12/h3-5,7-8,13,17H,6,9-11H2,1-2H3. The molecule has 1 unspecified atom stereocenters. The first kappa shape index (κ1) is 14.2. The second-order valence-corrected chi connectivity index (χ2v) is 7.61. The van der Waals surface area contributed by atoms with E-state index in [-0.39, 0.29) is 16.3 Å². The Balaban J connectivity index is 2.16. The Morgan fingerprint density at radius 2 is 1.94 bits per heavy atom. The highest BCUT2D eigenvalue weighted by Crippen LogP contribution is 2.53. The highest BCUT2D eigenvalue weighted by molar-refractivity contribution is 8.00. The second-order valence-electron chi connectivity index (χ2n) is 5.86. The van der Waals surface area contributed by atoms with Gasteiger partial charge >= 0.3 is 0 Å². The van der Waals surface area contributed by atoms with Gasteiger partial charge < -0.3 is 5.11 Å². The first-order chi connectivity index (χ1) is 8.50. The minimum atomic E-state index is -0.360. The Labute approximate surface area is 119 Å². The van der Waals surface area contributed by atoms with Crippen LogP contribution in [0.15, 0.2) is 35.2 Å². The number of rotatable bonds is 5. The van der Waals surface area contributed by atoms with Gasteiger partial charge in [-0.2, -0.15) is 0 Å². The number of aliphatic hydroxyl groups excluding tert-OH is 1.